The fourth-order valence-corrected chi connectivity index (χ4v) is 3.41. The third kappa shape index (κ3) is 2.80. The minimum absolute atomic E-state index is 0.289. The van der Waals surface area contributed by atoms with Crippen LogP contribution in [0.5, 0.6) is 11.5 Å². The smallest absolute Gasteiger partial charge is 0.231 e. The van der Waals surface area contributed by atoms with Crippen LogP contribution in [0.25, 0.3) is 0 Å². The van der Waals surface area contributed by atoms with Gasteiger partial charge in [-0.1, -0.05) is 24.3 Å². The second-order valence-corrected chi connectivity index (χ2v) is 6.51. The van der Waals surface area contributed by atoms with Crippen molar-refractivity contribution in [2.45, 2.75) is 13.1 Å². The number of hydrogen-bond donors (Lipinski definition) is 0. The first kappa shape index (κ1) is 15.0. The molecule has 2 aliphatic rings. The minimum atomic E-state index is 0.289. The summed E-state index contributed by atoms with van der Waals surface area (Å²) in [6, 6.07) is 22.9. The van der Waals surface area contributed by atoms with Gasteiger partial charge in [0.15, 0.2) is 11.5 Å². The summed E-state index contributed by atoms with van der Waals surface area (Å²) in [5, 5.41) is 0. The summed E-state index contributed by atoms with van der Waals surface area (Å²) in [6.07, 6.45) is 1.85. The van der Waals surface area contributed by atoms with Crippen LogP contribution in [0.4, 0.5) is 11.4 Å². The minimum Gasteiger partial charge on any atom is -0.454 e. The normalized spacial score (nSPS) is 14.8. The van der Waals surface area contributed by atoms with E-state index < -0.39 is 0 Å². The standard InChI is InChI=1S/C22H18N2O2/c1-2-4-18-14-24(13-17(18)3-1)20-8-6-19(7-9-20)23-12-16-5-10-21-22(11-16)26-15-25-21/h1-12H,13-15H2. The molecule has 3 aromatic rings. The van der Waals surface area contributed by atoms with E-state index in [0.717, 1.165) is 35.8 Å². The molecule has 0 atom stereocenters. The van der Waals surface area contributed by atoms with Gasteiger partial charge in [-0.15, -0.1) is 0 Å². The molecule has 0 aliphatic carbocycles. The van der Waals surface area contributed by atoms with Crippen molar-refractivity contribution in [3.05, 3.63) is 83.4 Å². The fraction of sp³-hybridized carbons (Fsp3) is 0.136. The Morgan fingerprint density at radius 1 is 0.808 bits per heavy atom. The number of fused-ring (bicyclic) bond motifs is 2. The topological polar surface area (TPSA) is 34.1 Å². The lowest BCUT2D eigenvalue weighted by atomic mass is 10.1. The average molecular weight is 342 g/mol. The van der Waals surface area contributed by atoms with E-state index in [1.807, 2.05) is 24.4 Å². The molecule has 0 radical (unpaired) electrons. The fourth-order valence-electron chi connectivity index (χ4n) is 3.41. The Morgan fingerprint density at radius 3 is 2.31 bits per heavy atom. The maximum atomic E-state index is 5.40. The highest BCUT2D eigenvalue weighted by Gasteiger charge is 2.18. The van der Waals surface area contributed by atoms with E-state index in [9.17, 15) is 0 Å². The maximum Gasteiger partial charge on any atom is 0.231 e. The quantitative estimate of drug-likeness (QED) is 0.648. The summed E-state index contributed by atoms with van der Waals surface area (Å²) in [5.41, 5.74) is 5.98. The van der Waals surface area contributed by atoms with Crippen molar-refractivity contribution in [3.8, 4) is 11.5 Å². The Hall–Kier alpha value is -3.27. The second kappa shape index (κ2) is 6.23. The molecule has 0 aromatic heterocycles. The molecular weight excluding hydrogens is 324 g/mol. The number of hydrogen-bond acceptors (Lipinski definition) is 4. The molecule has 4 heteroatoms. The van der Waals surface area contributed by atoms with Crippen molar-refractivity contribution in [1.29, 1.82) is 0 Å². The molecule has 0 amide bonds. The SMILES string of the molecule is C(=Nc1ccc(N2Cc3ccccc3C2)cc1)c1ccc2c(c1)OCO2. The first-order chi connectivity index (χ1) is 12.8. The highest BCUT2D eigenvalue weighted by atomic mass is 16.7. The molecule has 4 nitrogen and oxygen atoms in total. The largest absolute Gasteiger partial charge is 0.454 e. The van der Waals surface area contributed by atoms with Gasteiger partial charge in [0, 0.05) is 25.0 Å². The molecule has 0 spiro atoms. The summed E-state index contributed by atoms with van der Waals surface area (Å²) >= 11 is 0. The first-order valence-electron chi connectivity index (χ1n) is 8.71. The lowest BCUT2D eigenvalue weighted by Gasteiger charge is -2.17. The molecule has 26 heavy (non-hydrogen) atoms. The molecule has 3 aromatic carbocycles. The number of anilines is 1. The summed E-state index contributed by atoms with van der Waals surface area (Å²) in [5.74, 6) is 1.57. The molecule has 2 heterocycles. The van der Waals surface area contributed by atoms with Gasteiger partial charge in [0.05, 0.1) is 5.69 Å². The molecule has 0 saturated carbocycles. The third-order valence-corrected chi connectivity index (χ3v) is 4.81. The molecule has 2 aliphatic heterocycles. The van der Waals surface area contributed by atoms with E-state index in [0.29, 0.717) is 0 Å². The number of ether oxygens (including phenoxy) is 2. The molecule has 128 valence electrons. The van der Waals surface area contributed by atoms with Gasteiger partial charge in [0.25, 0.3) is 0 Å². The first-order valence-corrected chi connectivity index (χ1v) is 8.71. The van der Waals surface area contributed by atoms with Gasteiger partial charge in [0.2, 0.25) is 6.79 Å². The van der Waals surface area contributed by atoms with Gasteiger partial charge in [-0.05, 0) is 59.2 Å². The van der Waals surface area contributed by atoms with E-state index in [-0.39, 0.29) is 6.79 Å². The Bertz CT molecular complexity index is 955. The van der Waals surface area contributed by atoms with E-state index in [4.69, 9.17) is 9.47 Å². The summed E-state index contributed by atoms with van der Waals surface area (Å²) in [7, 11) is 0. The van der Waals surface area contributed by atoms with Crippen molar-refractivity contribution in [3.63, 3.8) is 0 Å². The van der Waals surface area contributed by atoms with Crippen molar-refractivity contribution >= 4 is 17.6 Å². The molecule has 0 saturated heterocycles. The Labute approximate surface area is 152 Å². The van der Waals surface area contributed by atoms with Crippen LogP contribution in [-0.2, 0) is 13.1 Å². The van der Waals surface area contributed by atoms with Crippen LogP contribution >= 0.6 is 0 Å². The van der Waals surface area contributed by atoms with E-state index in [1.165, 1.54) is 16.8 Å². The molecule has 5 rings (SSSR count). The van der Waals surface area contributed by atoms with E-state index in [1.54, 1.807) is 0 Å². The zero-order valence-corrected chi connectivity index (χ0v) is 14.3. The predicted octanol–water partition coefficient (Wildman–Crippen LogP) is 4.69. The van der Waals surface area contributed by atoms with Crippen molar-refractivity contribution in [1.82, 2.24) is 0 Å². The van der Waals surface area contributed by atoms with Gasteiger partial charge in [-0.3, -0.25) is 4.99 Å². The summed E-state index contributed by atoms with van der Waals surface area (Å²) < 4.78 is 10.7. The predicted molar refractivity (Wildman–Crippen MR) is 103 cm³/mol. The van der Waals surface area contributed by atoms with Crippen LogP contribution in [0.2, 0.25) is 0 Å². The Morgan fingerprint density at radius 2 is 1.54 bits per heavy atom. The number of nitrogens with zero attached hydrogens (tertiary/aromatic N) is 2. The van der Waals surface area contributed by atoms with Crippen LogP contribution in [0.15, 0.2) is 71.7 Å². The lowest BCUT2D eigenvalue weighted by molar-refractivity contribution is 0.174. The number of benzene rings is 3. The van der Waals surface area contributed by atoms with Crippen LogP contribution < -0.4 is 14.4 Å². The van der Waals surface area contributed by atoms with Crippen LogP contribution in [-0.4, -0.2) is 13.0 Å². The van der Waals surface area contributed by atoms with Gasteiger partial charge >= 0.3 is 0 Å². The van der Waals surface area contributed by atoms with Crippen molar-refractivity contribution < 1.29 is 9.47 Å². The molecule has 0 unspecified atom stereocenters. The Kier molecular flexibility index (Phi) is 3.60. The number of aliphatic imine (C=N–C) groups is 1. The maximum absolute atomic E-state index is 5.40. The van der Waals surface area contributed by atoms with Gasteiger partial charge in [-0.25, -0.2) is 0 Å². The van der Waals surface area contributed by atoms with Crippen molar-refractivity contribution in [2.75, 3.05) is 11.7 Å². The summed E-state index contributed by atoms with van der Waals surface area (Å²) in [6.45, 7) is 2.23. The monoisotopic (exact) mass is 342 g/mol. The molecule has 0 bridgehead atoms. The van der Waals surface area contributed by atoms with E-state index >= 15 is 0 Å². The Balaban J connectivity index is 1.30. The zero-order valence-electron chi connectivity index (χ0n) is 14.3. The second-order valence-electron chi connectivity index (χ2n) is 6.51. The highest BCUT2D eigenvalue weighted by Crippen LogP contribution is 2.32. The summed E-state index contributed by atoms with van der Waals surface area (Å²) in [4.78, 5) is 6.95. The average Bonchev–Trinajstić information content (AvgIpc) is 3.33. The highest BCUT2D eigenvalue weighted by molar-refractivity contribution is 5.83. The van der Waals surface area contributed by atoms with Crippen LogP contribution in [0.1, 0.15) is 16.7 Å². The van der Waals surface area contributed by atoms with Crippen LogP contribution in [0.3, 0.4) is 0 Å². The number of rotatable bonds is 3. The lowest BCUT2D eigenvalue weighted by Crippen LogP contribution is -2.13. The molecule has 0 N–H and O–H groups in total. The molecule has 0 fully saturated rings. The van der Waals surface area contributed by atoms with Gasteiger partial charge in [0.1, 0.15) is 0 Å². The van der Waals surface area contributed by atoms with E-state index in [2.05, 4.69) is 58.4 Å². The zero-order chi connectivity index (χ0) is 17.3. The van der Waals surface area contributed by atoms with Gasteiger partial charge < -0.3 is 14.4 Å². The van der Waals surface area contributed by atoms with Crippen LogP contribution in [0, 0.1) is 0 Å². The third-order valence-electron chi connectivity index (χ3n) is 4.81. The van der Waals surface area contributed by atoms with Crippen molar-refractivity contribution in [2.24, 2.45) is 4.99 Å². The molecular formula is C22H18N2O2. The van der Waals surface area contributed by atoms with Gasteiger partial charge in [-0.2, -0.15) is 0 Å².